The van der Waals surface area contributed by atoms with Gasteiger partial charge in [0.1, 0.15) is 6.67 Å². The van der Waals surface area contributed by atoms with Crippen LogP contribution in [0.15, 0.2) is 33.9 Å². The first-order valence-electron chi connectivity index (χ1n) is 4.28. The van der Waals surface area contributed by atoms with E-state index >= 15 is 0 Å². The summed E-state index contributed by atoms with van der Waals surface area (Å²) >= 11 is 2.08. The van der Waals surface area contributed by atoms with Crippen LogP contribution >= 0.6 is 22.6 Å². The van der Waals surface area contributed by atoms with Crippen molar-refractivity contribution in [1.29, 1.82) is 0 Å². The van der Waals surface area contributed by atoms with Crippen LogP contribution in [0.4, 0.5) is 4.39 Å². The molecule has 0 heterocycles. The lowest BCUT2D eigenvalue weighted by Gasteiger charge is -2.06. The molecule has 0 amide bonds. The lowest BCUT2D eigenvalue weighted by atomic mass is 10.0. The molecule has 0 bridgehead atoms. The summed E-state index contributed by atoms with van der Waals surface area (Å²) in [6.45, 7) is 1.69. The number of hydrogen-bond donors (Lipinski definition) is 0. The van der Waals surface area contributed by atoms with Gasteiger partial charge < -0.3 is 0 Å². The summed E-state index contributed by atoms with van der Waals surface area (Å²) in [4.78, 5) is 0. The van der Waals surface area contributed by atoms with Crippen LogP contribution < -0.4 is 0 Å². The Bertz CT molecular complexity index is 290. The molecule has 13 heavy (non-hydrogen) atoms. The van der Waals surface area contributed by atoms with Crippen molar-refractivity contribution in [3.8, 4) is 0 Å². The molecule has 0 saturated heterocycles. The quantitative estimate of drug-likeness (QED) is 0.731. The molecule has 70 valence electrons. The number of halogens is 2. The first-order chi connectivity index (χ1) is 6.29. The van der Waals surface area contributed by atoms with Crippen molar-refractivity contribution in [2.75, 3.05) is 6.67 Å². The number of hydrogen-bond acceptors (Lipinski definition) is 0. The molecule has 0 atom stereocenters. The van der Waals surface area contributed by atoms with Crippen molar-refractivity contribution in [2.45, 2.75) is 13.3 Å². The van der Waals surface area contributed by atoms with Gasteiger partial charge in [-0.2, -0.15) is 0 Å². The second-order valence-corrected chi connectivity index (χ2v) is 4.04. The van der Waals surface area contributed by atoms with Gasteiger partial charge in [-0.15, -0.1) is 0 Å². The van der Waals surface area contributed by atoms with E-state index in [1.165, 1.54) is 0 Å². The van der Waals surface area contributed by atoms with Gasteiger partial charge in [0.15, 0.2) is 0 Å². The SMILES string of the molecule is CC/C(=C(/I)CF)c1ccccc1. The highest BCUT2D eigenvalue weighted by Gasteiger charge is 2.03. The largest absolute Gasteiger partial charge is 0.245 e. The zero-order chi connectivity index (χ0) is 9.68. The van der Waals surface area contributed by atoms with Gasteiger partial charge in [0.25, 0.3) is 0 Å². The molecule has 0 fully saturated rings. The Morgan fingerprint density at radius 2 is 1.92 bits per heavy atom. The van der Waals surface area contributed by atoms with Crippen LogP contribution in [0.25, 0.3) is 5.57 Å². The minimum absolute atomic E-state index is 0.362. The number of alkyl halides is 1. The Morgan fingerprint density at radius 3 is 2.38 bits per heavy atom. The highest BCUT2D eigenvalue weighted by molar-refractivity contribution is 14.1. The van der Waals surface area contributed by atoms with Crippen LogP contribution in [0.5, 0.6) is 0 Å². The lowest BCUT2D eigenvalue weighted by Crippen LogP contribution is -1.87. The van der Waals surface area contributed by atoms with Crippen LogP contribution in [-0.2, 0) is 0 Å². The molecule has 0 aliphatic carbocycles. The molecule has 0 N–H and O–H groups in total. The van der Waals surface area contributed by atoms with Crippen molar-refractivity contribution in [1.82, 2.24) is 0 Å². The molecule has 0 radical (unpaired) electrons. The van der Waals surface area contributed by atoms with E-state index in [4.69, 9.17) is 0 Å². The number of allylic oxidation sites excluding steroid dienone is 2. The molecular weight excluding hydrogens is 278 g/mol. The minimum Gasteiger partial charge on any atom is -0.245 e. The van der Waals surface area contributed by atoms with E-state index in [0.717, 1.165) is 21.1 Å². The fourth-order valence-electron chi connectivity index (χ4n) is 1.27. The van der Waals surface area contributed by atoms with Crippen molar-refractivity contribution >= 4 is 28.2 Å². The maximum absolute atomic E-state index is 12.4. The van der Waals surface area contributed by atoms with E-state index in [2.05, 4.69) is 29.5 Å². The summed E-state index contributed by atoms with van der Waals surface area (Å²) < 4.78 is 13.3. The summed E-state index contributed by atoms with van der Waals surface area (Å²) in [5.74, 6) is 0. The highest BCUT2D eigenvalue weighted by atomic mass is 127. The van der Waals surface area contributed by atoms with Crippen molar-refractivity contribution in [3.05, 3.63) is 39.5 Å². The second kappa shape index (κ2) is 5.37. The van der Waals surface area contributed by atoms with E-state index < -0.39 is 0 Å². The van der Waals surface area contributed by atoms with Gasteiger partial charge in [-0.25, -0.2) is 4.39 Å². The molecular formula is C11H12FI. The Labute approximate surface area is 92.0 Å². The van der Waals surface area contributed by atoms with E-state index in [1.807, 2.05) is 30.3 Å². The molecule has 0 aromatic heterocycles. The molecule has 0 spiro atoms. The summed E-state index contributed by atoms with van der Waals surface area (Å²) in [5.41, 5.74) is 2.25. The maximum Gasteiger partial charge on any atom is 0.120 e. The fourth-order valence-corrected chi connectivity index (χ4v) is 1.97. The van der Waals surface area contributed by atoms with Gasteiger partial charge in [-0.1, -0.05) is 37.3 Å². The first kappa shape index (κ1) is 10.7. The van der Waals surface area contributed by atoms with Crippen molar-refractivity contribution < 1.29 is 4.39 Å². The minimum atomic E-state index is -0.362. The third-order valence-corrected chi connectivity index (χ3v) is 2.86. The third kappa shape index (κ3) is 2.79. The summed E-state index contributed by atoms with van der Waals surface area (Å²) in [5, 5.41) is 0. The topological polar surface area (TPSA) is 0 Å². The predicted molar refractivity (Wildman–Crippen MR) is 63.6 cm³/mol. The maximum atomic E-state index is 12.4. The molecule has 1 rings (SSSR count). The molecule has 1 aromatic carbocycles. The molecule has 0 unspecified atom stereocenters. The lowest BCUT2D eigenvalue weighted by molar-refractivity contribution is 0.559. The zero-order valence-electron chi connectivity index (χ0n) is 7.56. The smallest absolute Gasteiger partial charge is 0.120 e. The second-order valence-electron chi connectivity index (χ2n) is 2.74. The van der Waals surface area contributed by atoms with E-state index in [-0.39, 0.29) is 6.67 Å². The highest BCUT2D eigenvalue weighted by Crippen LogP contribution is 2.26. The Balaban J connectivity index is 3.05. The van der Waals surface area contributed by atoms with Gasteiger partial charge in [0.2, 0.25) is 0 Å². The molecule has 0 saturated carbocycles. The van der Waals surface area contributed by atoms with Crippen LogP contribution in [0.2, 0.25) is 0 Å². The monoisotopic (exact) mass is 290 g/mol. The molecule has 0 aliphatic rings. The summed E-state index contributed by atoms with van der Waals surface area (Å²) in [7, 11) is 0. The van der Waals surface area contributed by atoms with E-state index in [1.54, 1.807) is 0 Å². The van der Waals surface area contributed by atoms with Gasteiger partial charge in [-0.3, -0.25) is 0 Å². The van der Waals surface area contributed by atoms with Crippen LogP contribution in [0.3, 0.4) is 0 Å². The standard InChI is InChI=1S/C11H12FI/c1-2-10(11(13)8-12)9-6-4-3-5-7-9/h3-7H,2,8H2,1H3/b11-10-. The average Bonchev–Trinajstić information content (AvgIpc) is 2.20. The molecule has 0 nitrogen and oxygen atoms in total. The van der Waals surface area contributed by atoms with E-state index in [0.29, 0.717) is 0 Å². The first-order valence-corrected chi connectivity index (χ1v) is 5.36. The molecule has 2 heteroatoms. The third-order valence-electron chi connectivity index (χ3n) is 1.92. The predicted octanol–water partition coefficient (Wildman–Crippen LogP) is 4.21. The summed E-state index contributed by atoms with van der Waals surface area (Å²) in [6, 6.07) is 9.97. The van der Waals surface area contributed by atoms with Gasteiger partial charge >= 0.3 is 0 Å². The number of rotatable bonds is 3. The fraction of sp³-hybridized carbons (Fsp3) is 0.273. The number of benzene rings is 1. The van der Waals surface area contributed by atoms with Gasteiger partial charge in [0, 0.05) is 3.58 Å². The van der Waals surface area contributed by atoms with Crippen LogP contribution in [0, 0.1) is 0 Å². The van der Waals surface area contributed by atoms with Crippen molar-refractivity contribution in [2.24, 2.45) is 0 Å². The Morgan fingerprint density at radius 1 is 1.31 bits per heavy atom. The van der Waals surface area contributed by atoms with Crippen LogP contribution in [-0.4, -0.2) is 6.67 Å². The van der Waals surface area contributed by atoms with Gasteiger partial charge in [-0.05, 0) is 40.1 Å². The normalized spacial score (nSPS) is 12.5. The zero-order valence-corrected chi connectivity index (χ0v) is 9.71. The van der Waals surface area contributed by atoms with Crippen LogP contribution in [0.1, 0.15) is 18.9 Å². The van der Waals surface area contributed by atoms with Gasteiger partial charge in [0.05, 0.1) is 0 Å². The Kier molecular flexibility index (Phi) is 4.42. The van der Waals surface area contributed by atoms with Crippen molar-refractivity contribution in [3.63, 3.8) is 0 Å². The summed E-state index contributed by atoms with van der Waals surface area (Å²) in [6.07, 6.45) is 0.881. The molecule has 1 aromatic rings. The van der Waals surface area contributed by atoms with E-state index in [9.17, 15) is 4.39 Å². The Hall–Kier alpha value is -0.380. The molecule has 0 aliphatic heterocycles. The average molecular weight is 290 g/mol.